The third-order valence-electron chi connectivity index (χ3n) is 2.30. The zero-order valence-corrected chi connectivity index (χ0v) is 9.10. The fourth-order valence-electron chi connectivity index (χ4n) is 1.41. The molecular formula is C13H16O2. The molecule has 0 atom stereocenters. The summed E-state index contributed by atoms with van der Waals surface area (Å²) >= 11 is 0. The van der Waals surface area contributed by atoms with Crippen molar-refractivity contribution in [1.82, 2.24) is 0 Å². The number of carboxylic acid groups (broad SMARTS) is 1. The number of carbonyl (C=O) groups is 1. The first-order valence-electron chi connectivity index (χ1n) is 5.07. The quantitative estimate of drug-likeness (QED) is 0.766. The maximum Gasteiger partial charge on any atom is 0.328 e. The van der Waals surface area contributed by atoms with Crippen LogP contribution in [0, 0.1) is 5.92 Å². The molecule has 0 radical (unpaired) electrons. The SMILES string of the molecule is CC(C)/C(=C\C(=O)O)Cc1ccccc1. The molecule has 0 aliphatic heterocycles. The second-order valence-electron chi connectivity index (χ2n) is 3.87. The number of hydrogen-bond acceptors (Lipinski definition) is 1. The Kier molecular flexibility index (Phi) is 4.10. The Morgan fingerprint density at radius 3 is 2.40 bits per heavy atom. The number of carboxylic acids is 1. The van der Waals surface area contributed by atoms with Gasteiger partial charge in [0.1, 0.15) is 0 Å². The summed E-state index contributed by atoms with van der Waals surface area (Å²) < 4.78 is 0. The van der Waals surface area contributed by atoms with Gasteiger partial charge in [-0.25, -0.2) is 4.79 Å². The van der Waals surface area contributed by atoms with E-state index in [9.17, 15) is 4.79 Å². The van der Waals surface area contributed by atoms with Gasteiger partial charge >= 0.3 is 5.97 Å². The molecule has 80 valence electrons. The lowest BCUT2D eigenvalue weighted by atomic mass is 9.95. The first kappa shape index (κ1) is 11.5. The molecule has 1 rings (SSSR count). The van der Waals surface area contributed by atoms with Gasteiger partial charge in [-0.3, -0.25) is 0 Å². The van der Waals surface area contributed by atoms with E-state index < -0.39 is 5.97 Å². The number of benzene rings is 1. The predicted octanol–water partition coefficient (Wildman–Crippen LogP) is 2.90. The molecule has 0 amide bonds. The molecule has 0 saturated heterocycles. The Labute approximate surface area is 90.3 Å². The minimum absolute atomic E-state index is 0.265. The fraction of sp³-hybridized carbons (Fsp3) is 0.308. The molecule has 2 nitrogen and oxygen atoms in total. The maximum atomic E-state index is 10.6. The Hall–Kier alpha value is -1.57. The lowest BCUT2D eigenvalue weighted by molar-refractivity contribution is -0.131. The van der Waals surface area contributed by atoms with Crippen LogP contribution in [0.15, 0.2) is 42.0 Å². The van der Waals surface area contributed by atoms with E-state index in [1.807, 2.05) is 44.2 Å². The Balaban J connectivity index is 2.81. The smallest absolute Gasteiger partial charge is 0.328 e. The van der Waals surface area contributed by atoms with Crippen molar-refractivity contribution in [3.8, 4) is 0 Å². The molecule has 0 aliphatic rings. The zero-order valence-electron chi connectivity index (χ0n) is 9.10. The number of aliphatic carboxylic acids is 1. The summed E-state index contributed by atoms with van der Waals surface area (Å²) in [6, 6.07) is 9.91. The lowest BCUT2D eigenvalue weighted by Gasteiger charge is -2.10. The van der Waals surface area contributed by atoms with Gasteiger partial charge in [-0.15, -0.1) is 0 Å². The Morgan fingerprint density at radius 2 is 1.93 bits per heavy atom. The van der Waals surface area contributed by atoms with E-state index in [-0.39, 0.29) is 5.92 Å². The van der Waals surface area contributed by atoms with Crippen molar-refractivity contribution in [1.29, 1.82) is 0 Å². The van der Waals surface area contributed by atoms with Gasteiger partial charge in [-0.05, 0) is 17.9 Å². The van der Waals surface area contributed by atoms with Gasteiger partial charge < -0.3 is 5.11 Å². The molecule has 1 aromatic rings. The van der Waals surface area contributed by atoms with Gasteiger partial charge in [-0.2, -0.15) is 0 Å². The third-order valence-corrected chi connectivity index (χ3v) is 2.30. The molecule has 1 aromatic carbocycles. The van der Waals surface area contributed by atoms with E-state index in [0.717, 1.165) is 11.1 Å². The molecule has 0 saturated carbocycles. The van der Waals surface area contributed by atoms with Crippen molar-refractivity contribution in [3.05, 3.63) is 47.5 Å². The summed E-state index contributed by atoms with van der Waals surface area (Å²) in [5.74, 6) is -0.601. The van der Waals surface area contributed by atoms with Crippen LogP contribution in [0.2, 0.25) is 0 Å². The van der Waals surface area contributed by atoms with Crippen molar-refractivity contribution in [3.63, 3.8) is 0 Å². The van der Waals surface area contributed by atoms with E-state index in [1.165, 1.54) is 6.08 Å². The summed E-state index contributed by atoms with van der Waals surface area (Å²) in [5, 5.41) is 8.73. The van der Waals surface area contributed by atoms with Crippen LogP contribution in [0.4, 0.5) is 0 Å². The van der Waals surface area contributed by atoms with Crippen molar-refractivity contribution in [2.45, 2.75) is 20.3 Å². The van der Waals surface area contributed by atoms with Gasteiger partial charge in [-0.1, -0.05) is 49.8 Å². The molecule has 15 heavy (non-hydrogen) atoms. The third kappa shape index (κ3) is 3.98. The minimum Gasteiger partial charge on any atom is -0.478 e. The predicted molar refractivity (Wildman–Crippen MR) is 60.7 cm³/mol. The Bertz CT molecular complexity index is 350. The summed E-state index contributed by atoms with van der Waals surface area (Å²) in [4.78, 5) is 10.6. The molecule has 0 fully saturated rings. The summed E-state index contributed by atoms with van der Waals surface area (Å²) in [6.07, 6.45) is 2.03. The van der Waals surface area contributed by atoms with Crippen LogP contribution >= 0.6 is 0 Å². The van der Waals surface area contributed by atoms with Crippen molar-refractivity contribution in [2.24, 2.45) is 5.92 Å². The second-order valence-corrected chi connectivity index (χ2v) is 3.87. The molecular weight excluding hydrogens is 188 g/mol. The lowest BCUT2D eigenvalue weighted by Crippen LogP contribution is -2.02. The van der Waals surface area contributed by atoms with Crippen LogP contribution in [0.25, 0.3) is 0 Å². The first-order valence-corrected chi connectivity index (χ1v) is 5.07. The van der Waals surface area contributed by atoms with Gasteiger partial charge in [0, 0.05) is 6.08 Å². The van der Waals surface area contributed by atoms with E-state index in [0.29, 0.717) is 6.42 Å². The van der Waals surface area contributed by atoms with E-state index in [2.05, 4.69) is 0 Å². The van der Waals surface area contributed by atoms with Crippen LogP contribution in [-0.2, 0) is 11.2 Å². The highest BCUT2D eigenvalue weighted by Gasteiger charge is 2.06. The largest absolute Gasteiger partial charge is 0.478 e. The van der Waals surface area contributed by atoms with E-state index in [1.54, 1.807) is 0 Å². The molecule has 0 heterocycles. The highest BCUT2D eigenvalue weighted by atomic mass is 16.4. The minimum atomic E-state index is -0.866. The zero-order chi connectivity index (χ0) is 11.3. The molecule has 0 aliphatic carbocycles. The van der Waals surface area contributed by atoms with Crippen molar-refractivity contribution in [2.75, 3.05) is 0 Å². The molecule has 1 N–H and O–H groups in total. The maximum absolute atomic E-state index is 10.6. The van der Waals surface area contributed by atoms with Gasteiger partial charge in [0.15, 0.2) is 0 Å². The fourth-order valence-corrected chi connectivity index (χ4v) is 1.41. The molecule has 0 spiro atoms. The summed E-state index contributed by atoms with van der Waals surface area (Å²) in [7, 11) is 0. The summed E-state index contributed by atoms with van der Waals surface area (Å²) in [5.41, 5.74) is 2.10. The second kappa shape index (κ2) is 5.35. The molecule has 0 unspecified atom stereocenters. The number of rotatable bonds is 4. The normalized spacial score (nSPS) is 11.8. The first-order chi connectivity index (χ1) is 7.09. The topological polar surface area (TPSA) is 37.3 Å². The average molecular weight is 204 g/mol. The van der Waals surface area contributed by atoms with Crippen molar-refractivity contribution >= 4 is 5.97 Å². The number of allylic oxidation sites excluding steroid dienone is 1. The van der Waals surface area contributed by atoms with Crippen LogP contribution in [0.5, 0.6) is 0 Å². The van der Waals surface area contributed by atoms with Crippen LogP contribution in [0.3, 0.4) is 0 Å². The van der Waals surface area contributed by atoms with Gasteiger partial charge in [0.25, 0.3) is 0 Å². The molecule has 0 aromatic heterocycles. The Morgan fingerprint density at radius 1 is 1.33 bits per heavy atom. The number of hydrogen-bond donors (Lipinski definition) is 1. The van der Waals surface area contributed by atoms with Crippen molar-refractivity contribution < 1.29 is 9.90 Å². The standard InChI is InChI=1S/C13H16O2/c1-10(2)12(9-13(14)15)8-11-6-4-3-5-7-11/h3-7,9-10H,8H2,1-2H3,(H,14,15)/b12-9-. The van der Waals surface area contributed by atoms with Crippen LogP contribution in [0.1, 0.15) is 19.4 Å². The van der Waals surface area contributed by atoms with E-state index in [4.69, 9.17) is 5.11 Å². The summed E-state index contributed by atoms with van der Waals surface area (Å²) in [6.45, 7) is 4.02. The monoisotopic (exact) mass is 204 g/mol. The molecule has 0 bridgehead atoms. The van der Waals surface area contributed by atoms with Crippen LogP contribution < -0.4 is 0 Å². The van der Waals surface area contributed by atoms with E-state index >= 15 is 0 Å². The highest BCUT2D eigenvalue weighted by molar-refractivity contribution is 5.80. The van der Waals surface area contributed by atoms with Gasteiger partial charge in [0.05, 0.1) is 0 Å². The van der Waals surface area contributed by atoms with Gasteiger partial charge in [0.2, 0.25) is 0 Å². The average Bonchev–Trinajstić information content (AvgIpc) is 2.17. The molecule has 2 heteroatoms. The highest BCUT2D eigenvalue weighted by Crippen LogP contribution is 2.15. The van der Waals surface area contributed by atoms with Crippen LogP contribution in [-0.4, -0.2) is 11.1 Å².